The molecule has 1 aliphatic carbocycles. The molecule has 0 unspecified atom stereocenters. The monoisotopic (exact) mass is 331 g/mol. The highest BCUT2D eigenvalue weighted by molar-refractivity contribution is 6.14. The molecule has 0 radical (unpaired) electrons. The Labute approximate surface area is 140 Å². The number of hydrogen-bond acceptors (Lipinski definition) is 3. The summed E-state index contributed by atoms with van der Waals surface area (Å²) in [6.07, 6.45) is 5.03. The number of benzene rings is 1. The second-order valence-corrected chi connectivity index (χ2v) is 6.25. The van der Waals surface area contributed by atoms with Gasteiger partial charge in [-0.2, -0.15) is 0 Å². The van der Waals surface area contributed by atoms with E-state index < -0.39 is 24.6 Å². The van der Waals surface area contributed by atoms with Gasteiger partial charge in [0.15, 0.2) is 0 Å². The summed E-state index contributed by atoms with van der Waals surface area (Å²) in [5.74, 6) is -1.12. The average Bonchev–Trinajstić information content (AvgIpc) is 2.66. The van der Waals surface area contributed by atoms with Gasteiger partial charge in [0.2, 0.25) is 0 Å². The van der Waals surface area contributed by atoms with Crippen LogP contribution in [0.3, 0.4) is 0 Å². The quantitative estimate of drug-likeness (QED) is 0.923. The van der Waals surface area contributed by atoms with Crippen LogP contribution in [0, 0.1) is 0 Å². The Kier molecular flexibility index (Phi) is 4.42. The fourth-order valence-electron chi connectivity index (χ4n) is 3.51. The molecule has 128 valence electrons. The Balaban J connectivity index is 2.10. The molecular formula is C17H21N3O4. The third kappa shape index (κ3) is 2.81. The van der Waals surface area contributed by atoms with Crippen molar-refractivity contribution in [3.8, 4) is 0 Å². The molecule has 1 N–H and O–H groups in total. The summed E-state index contributed by atoms with van der Waals surface area (Å²) in [7, 11) is 1.40. The first-order valence-electron chi connectivity index (χ1n) is 8.20. The van der Waals surface area contributed by atoms with E-state index in [4.69, 9.17) is 5.11 Å². The van der Waals surface area contributed by atoms with E-state index in [1.165, 1.54) is 7.05 Å². The van der Waals surface area contributed by atoms with Gasteiger partial charge in [-0.25, -0.2) is 14.5 Å². The fourth-order valence-corrected chi connectivity index (χ4v) is 3.51. The molecule has 1 aromatic carbocycles. The second-order valence-electron chi connectivity index (χ2n) is 6.25. The molecule has 7 nitrogen and oxygen atoms in total. The maximum absolute atomic E-state index is 12.9. The molecule has 0 atom stereocenters. The zero-order chi connectivity index (χ0) is 17.3. The molecule has 1 saturated carbocycles. The van der Waals surface area contributed by atoms with Gasteiger partial charge < -0.3 is 5.11 Å². The van der Waals surface area contributed by atoms with Crippen molar-refractivity contribution in [1.29, 1.82) is 0 Å². The lowest BCUT2D eigenvalue weighted by Crippen LogP contribution is -2.50. The first kappa shape index (κ1) is 16.3. The minimum absolute atomic E-state index is 0.0347. The van der Waals surface area contributed by atoms with Crippen LogP contribution >= 0.6 is 0 Å². The van der Waals surface area contributed by atoms with Crippen LogP contribution in [0.25, 0.3) is 0 Å². The summed E-state index contributed by atoms with van der Waals surface area (Å²) in [6.45, 7) is -0.480. The van der Waals surface area contributed by atoms with Crippen LogP contribution in [0.15, 0.2) is 24.3 Å². The van der Waals surface area contributed by atoms with Crippen molar-refractivity contribution in [1.82, 2.24) is 4.90 Å². The fraction of sp³-hybridized carbons (Fsp3) is 0.471. The minimum Gasteiger partial charge on any atom is -0.480 e. The lowest BCUT2D eigenvalue weighted by molar-refractivity contribution is -0.135. The van der Waals surface area contributed by atoms with Crippen LogP contribution in [0.1, 0.15) is 32.1 Å². The van der Waals surface area contributed by atoms with Crippen LogP contribution < -0.4 is 9.80 Å². The number of carboxylic acids is 1. The summed E-state index contributed by atoms with van der Waals surface area (Å²) in [5.41, 5.74) is 1.07. The van der Waals surface area contributed by atoms with Gasteiger partial charge in [0, 0.05) is 13.1 Å². The van der Waals surface area contributed by atoms with Gasteiger partial charge in [-0.05, 0) is 25.0 Å². The number of anilines is 2. The van der Waals surface area contributed by atoms with Crippen LogP contribution in [0.2, 0.25) is 0 Å². The zero-order valence-corrected chi connectivity index (χ0v) is 13.6. The van der Waals surface area contributed by atoms with Crippen LogP contribution in [0.4, 0.5) is 21.0 Å². The standard InChI is InChI=1S/C17H21N3O4/c1-18-16(23)19(11-15(21)22)13-9-5-6-10-14(13)20(17(18)24)12-7-3-2-4-8-12/h5-6,9-10,12H,2-4,7-8,11H2,1H3,(H,21,22). The zero-order valence-electron chi connectivity index (χ0n) is 13.6. The SMILES string of the molecule is CN1C(=O)N(CC(=O)O)c2ccccc2N(C2CCCCC2)C1=O. The summed E-state index contributed by atoms with van der Waals surface area (Å²) >= 11 is 0. The number of aliphatic carboxylic acids is 1. The van der Waals surface area contributed by atoms with Crippen LogP contribution in [0.5, 0.6) is 0 Å². The number of nitrogens with zero attached hydrogens (tertiary/aromatic N) is 3. The van der Waals surface area contributed by atoms with E-state index in [1.807, 2.05) is 0 Å². The number of amides is 4. The number of carboxylic acid groups (broad SMARTS) is 1. The van der Waals surface area contributed by atoms with E-state index in [0.29, 0.717) is 11.4 Å². The number of hydrogen-bond donors (Lipinski definition) is 1. The molecule has 1 aromatic rings. The van der Waals surface area contributed by atoms with E-state index >= 15 is 0 Å². The number of urea groups is 2. The number of rotatable bonds is 3. The van der Waals surface area contributed by atoms with Gasteiger partial charge in [0.25, 0.3) is 0 Å². The summed E-state index contributed by atoms with van der Waals surface area (Å²) in [5, 5.41) is 9.16. The second kappa shape index (κ2) is 6.51. The number of fused-ring (bicyclic) bond motifs is 1. The van der Waals surface area contributed by atoms with Gasteiger partial charge in [0.1, 0.15) is 6.54 Å². The molecule has 7 heteroatoms. The van der Waals surface area contributed by atoms with Gasteiger partial charge >= 0.3 is 18.0 Å². The Morgan fingerprint density at radius 3 is 2.33 bits per heavy atom. The van der Waals surface area contributed by atoms with Crippen LogP contribution in [-0.2, 0) is 4.79 Å². The maximum Gasteiger partial charge on any atom is 0.332 e. The van der Waals surface area contributed by atoms with Crippen molar-refractivity contribution in [3.05, 3.63) is 24.3 Å². The Morgan fingerprint density at radius 2 is 1.71 bits per heavy atom. The lowest BCUT2D eigenvalue weighted by Gasteiger charge is -2.35. The molecule has 0 aromatic heterocycles. The van der Waals surface area contributed by atoms with Crippen molar-refractivity contribution >= 4 is 29.4 Å². The third-order valence-electron chi connectivity index (χ3n) is 4.68. The highest BCUT2D eigenvalue weighted by Gasteiger charge is 2.39. The first-order valence-corrected chi connectivity index (χ1v) is 8.20. The summed E-state index contributed by atoms with van der Waals surface area (Å²) in [4.78, 5) is 40.6. The van der Waals surface area contributed by atoms with Crippen molar-refractivity contribution in [2.24, 2.45) is 0 Å². The number of para-hydroxylation sites is 2. The maximum atomic E-state index is 12.9. The smallest absolute Gasteiger partial charge is 0.332 e. The van der Waals surface area contributed by atoms with Crippen molar-refractivity contribution in [3.63, 3.8) is 0 Å². The molecule has 1 fully saturated rings. The normalized spacial score (nSPS) is 19.3. The highest BCUT2D eigenvalue weighted by Crippen LogP contribution is 2.37. The van der Waals surface area contributed by atoms with Gasteiger partial charge in [-0.1, -0.05) is 31.4 Å². The van der Waals surface area contributed by atoms with Gasteiger partial charge in [-0.15, -0.1) is 0 Å². The van der Waals surface area contributed by atoms with Gasteiger partial charge in [0.05, 0.1) is 11.4 Å². The minimum atomic E-state index is -1.12. The Bertz CT molecular complexity index is 670. The van der Waals surface area contributed by atoms with E-state index in [9.17, 15) is 14.4 Å². The molecule has 3 rings (SSSR count). The summed E-state index contributed by atoms with van der Waals surface area (Å²) in [6, 6.07) is 6.04. The highest BCUT2D eigenvalue weighted by atomic mass is 16.4. The molecule has 0 bridgehead atoms. The van der Waals surface area contributed by atoms with E-state index in [1.54, 1.807) is 29.2 Å². The molecule has 2 aliphatic rings. The van der Waals surface area contributed by atoms with Gasteiger partial charge in [-0.3, -0.25) is 14.6 Å². The van der Waals surface area contributed by atoms with Crippen molar-refractivity contribution < 1.29 is 19.5 Å². The predicted octanol–water partition coefficient (Wildman–Crippen LogP) is 2.90. The molecule has 1 heterocycles. The molecule has 0 spiro atoms. The number of carbonyl (C=O) groups is 3. The Hall–Kier alpha value is -2.57. The first-order chi connectivity index (χ1) is 11.5. The molecule has 4 amide bonds. The largest absolute Gasteiger partial charge is 0.480 e. The van der Waals surface area contributed by atoms with E-state index in [-0.39, 0.29) is 6.04 Å². The topological polar surface area (TPSA) is 81.2 Å². The lowest BCUT2D eigenvalue weighted by atomic mass is 9.94. The van der Waals surface area contributed by atoms with Crippen molar-refractivity contribution in [2.45, 2.75) is 38.1 Å². The van der Waals surface area contributed by atoms with Crippen LogP contribution in [-0.4, -0.2) is 47.7 Å². The third-order valence-corrected chi connectivity index (χ3v) is 4.68. The summed E-state index contributed by atoms with van der Waals surface area (Å²) < 4.78 is 0. The van der Waals surface area contributed by atoms with Crippen molar-refractivity contribution in [2.75, 3.05) is 23.4 Å². The predicted molar refractivity (Wildman–Crippen MR) is 89.3 cm³/mol. The molecule has 1 aliphatic heterocycles. The molecular weight excluding hydrogens is 310 g/mol. The Morgan fingerprint density at radius 1 is 1.08 bits per heavy atom. The van der Waals surface area contributed by atoms with E-state index in [2.05, 4.69) is 0 Å². The molecule has 0 saturated heterocycles. The molecule has 24 heavy (non-hydrogen) atoms. The number of imide groups is 1. The number of carbonyl (C=O) groups excluding carboxylic acids is 2. The average molecular weight is 331 g/mol. The van der Waals surface area contributed by atoms with E-state index in [0.717, 1.165) is 41.9 Å².